The highest BCUT2D eigenvalue weighted by molar-refractivity contribution is 5.21. The van der Waals surface area contributed by atoms with Gasteiger partial charge >= 0.3 is 0 Å². The average Bonchev–Trinajstić information content (AvgIpc) is 2.19. The van der Waals surface area contributed by atoms with Gasteiger partial charge in [-0.1, -0.05) is 0 Å². The number of nitrogens with two attached hydrogens (primary N) is 1. The normalized spacial score (nSPS) is 30.2. The zero-order chi connectivity index (χ0) is 8.48. The van der Waals surface area contributed by atoms with Gasteiger partial charge in [0.15, 0.2) is 0 Å². The number of hydrogen-bond acceptors (Lipinski definition) is 4. The minimum absolute atomic E-state index is 0.542. The summed E-state index contributed by atoms with van der Waals surface area (Å²) in [6.45, 7) is 6.17. The van der Waals surface area contributed by atoms with Crippen molar-refractivity contribution in [1.29, 1.82) is 0 Å². The van der Waals surface area contributed by atoms with Gasteiger partial charge in [0, 0.05) is 12.2 Å². The molecule has 1 atom stereocenters. The number of hydrogen-bond donors (Lipinski definition) is 1. The molecule has 0 radical (unpaired) electrons. The summed E-state index contributed by atoms with van der Waals surface area (Å²) in [4.78, 5) is 0. The Morgan fingerprint density at radius 1 is 1.55 bits per heavy atom. The Bertz CT molecular complexity index is 222. The molecule has 1 aliphatic heterocycles. The molecule has 0 aliphatic carbocycles. The van der Waals surface area contributed by atoms with E-state index in [1.807, 2.05) is 20.8 Å². The molecule has 1 rings (SSSR count). The van der Waals surface area contributed by atoms with Crippen molar-refractivity contribution in [3.8, 4) is 0 Å². The maximum atomic E-state index is 5.76. The van der Waals surface area contributed by atoms with Crippen molar-refractivity contribution in [3.63, 3.8) is 0 Å². The number of allylic oxidation sites excluding steroid dienone is 1. The van der Waals surface area contributed by atoms with Crippen LogP contribution in [-0.4, -0.2) is 12.5 Å². The highest BCUT2D eigenvalue weighted by atomic mass is 16.5. The highest BCUT2D eigenvalue weighted by Gasteiger charge is 2.32. The number of ether oxygens (including phenoxy) is 1. The Balaban J connectivity index is 2.83. The molecule has 0 saturated carbocycles. The van der Waals surface area contributed by atoms with Gasteiger partial charge in [0.2, 0.25) is 0 Å². The fourth-order valence-corrected chi connectivity index (χ4v) is 0.916. The van der Waals surface area contributed by atoms with E-state index in [2.05, 4.69) is 10.2 Å². The van der Waals surface area contributed by atoms with Crippen LogP contribution in [0.25, 0.3) is 0 Å². The van der Waals surface area contributed by atoms with Gasteiger partial charge in [0.05, 0.1) is 5.70 Å². The van der Waals surface area contributed by atoms with Crippen molar-refractivity contribution in [2.24, 2.45) is 16.0 Å². The lowest BCUT2D eigenvalue weighted by molar-refractivity contribution is 0.000901. The summed E-state index contributed by atoms with van der Waals surface area (Å²) in [5.74, 6) is -0.987. The van der Waals surface area contributed by atoms with Crippen LogP contribution >= 0.6 is 0 Å². The summed E-state index contributed by atoms with van der Waals surface area (Å²) in [5, 5.41) is 7.67. The van der Waals surface area contributed by atoms with Crippen molar-refractivity contribution in [2.45, 2.75) is 26.6 Å². The molecule has 4 nitrogen and oxygen atoms in total. The van der Waals surface area contributed by atoms with E-state index in [0.29, 0.717) is 6.61 Å². The van der Waals surface area contributed by atoms with E-state index in [1.54, 1.807) is 0 Å². The third kappa shape index (κ3) is 1.32. The first-order chi connectivity index (χ1) is 5.10. The summed E-state index contributed by atoms with van der Waals surface area (Å²) < 4.78 is 5.23. The molecule has 0 spiro atoms. The number of nitrogens with zero attached hydrogens (tertiary/aromatic N) is 2. The Labute approximate surface area is 66.1 Å². The van der Waals surface area contributed by atoms with Crippen molar-refractivity contribution in [3.05, 3.63) is 11.3 Å². The number of rotatable bonds is 2. The average molecular weight is 155 g/mol. The van der Waals surface area contributed by atoms with Crippen molar-refractivity contribution in [1.82, 2.24) is 0 Å². The quantitative estimate of drug-likeness (QED) is 0.612. The number of azo groups is 1. The van der Waals surface area contributed by atoms with E-state index < -0.39 is 5.85 Å². The van der Waals surface area contributed by atoms with E-state index >= 15 is 0 Å². The van der Waals surface area contributed by atoms with Crippen LogP contribution in [0.15, 0.2) is 21.5 Å². The van der Waals surface area contributed by atoms with Crippen molar-refractivity contribution < 1.29 is 4.74 Å². The van der Waals surface area contributed by atoms with E-state index in [0.717, 1.165) is 11.3 Å². The van der Waals surface area contributed by atoms with Crippen LogP contribution in [0.3, 0.4) is 0 Å². The molecule has 2 N–H and O–H groups in total. The van der Waals surface area contributed by atoms with E-state index in [1.165, 1.54) is 0 Å². The Hall–Kier alpha value is -0.740. The van der Waals surface area contributed by atoms with Crippen LogP contribution < -0.4 is 5.73 Å². The van der Waals surface area contributed by atoms with Gasteiger partial charge in [-0.25, -0.2) is 0 Å². The minimum Gasteiger partial charge on any atom is -0.337 e. The Morgan fingerprint density at radius 2 is 2.18 bits per heavy atom. The van der Waals surface area contributed by atoms with E-state index in [9.17, 15) is 0 Å². The molecular weight excluding hydrogens is 142 g/mol. The van der Waals surface area contributed by atoms with Crippen LogP contribution in [0, 0.1) is 0 Å². The summed E-state index contributed by atoms with van der Waals surface area (Å²) in [5.41, 5.74) is 7.50. The fraction of sp³-hybridized carbons (Fsp3) is 0.714. The van der Waals surface area contributed by atoms with Gasteiger partial charge in [0.25, 0.3) is 5.85 Å². The lowest BCUT2D eigenvalue weighted by atomic mass is 10.2. The zero-order valence-corrected chi connectivity index (χ0v) is 7.09. The highest BCUT2D eigenvalue weighted by Crippen LogP contribution is 2.27. The molecule has 62 valence electrons. The molecule has 0 aromatic rings. The second kappa shape index (κ2) is 2.71. The molecule has 4 heteroatoms. The second-order valence-electron chi connectivity index (χ2n) is 2.54. The predicted octanol–water partition coefficient (Wildman–Crippen LogP) is 1.40. The van der Waals surface area contributed by atoms with Gasteiger partial charge in [0.1, 0.15) is 0 Å². The summed E-state index contributed by atoms with van der Waals surface area (Å²) in [6.07, 6.45) is 0. The maximum Gasteiger partial charge on any atom is 0.257 e. The van der Waals surface area contributed by atoms with Gasteiger partial charge in [-0.3, -0.25) is 5.73 Å². The molecule has 11 heavy (non-hydrogen) atoms. The molecule has 1 heterocycles. The van der Waals surface area contributed by atoms with E-state index in [-0.39, 0.29) is 0 Å². The van der Waals surface area contributed by atoms with Gasteiger partial charge in [-0.05, 0) is 20.8 Å². The Morgan fingerprint density at radius 3 is 2.55 bits per heavy atom. The van der Waals surface area contributed by atoms with Gasteiger partial charge in [-0.2, -0.15) is 5.11 Å². The maximum absolute atomic E-state index is 5.76. The van der Waals surface area contributed by atoms with Crippen LogP contribution in [0.1, 0.15) is 20.8 Å². The molecular formula is C7H13N3O. The van der Waals surface area contributed by atoms with Crippen molar-refractivity contribution in [2.75, 3.05) is 6.61 Å². The predicted molar refractivity (Wildman–Crippen MR) is 41.8 cm³/mol. The smallest absolute Gasteiger partial charge is 0.257 e. The first-order valence-corrected chi connectivity index (χ1v) is 3.64. The first-order valence-electron chi connectivity index (χ1n) is 3.64. The first kappa shape index (κ1) is 8.36. The fourth-order valence-electron chi connectivity index (χ4n) is 0.916. The summed E-state index contributed by atoms with van der Waals surface area (Å²) in [6, 6.07) is 0. The molecule has 1 aliphatic rings. The third-order valence-electron chi connectivity index (χ3n) is 1.79. The standard InChI is InChI=1S/C7H13N3O/c1-4-11-7(8)5(2)6(3)9-10-7/h4,8H2,1-3H3. The SMILES string of the molecule is CCOC1(N)N=NC(C)=C1C. The van der Waals surface area contributed by atoms with Gasteiger partial charge in [-0.15, -0.1) is 5.11 Å². The largest absolute Gasteiger partial charge is 0.337 e. The van der Waals surface area contributed by atoms with Crippen LogP contribution in [0.4, 0.5) is 0 Å². The molecule has 0 bridgehead atoms. The second-order valence-corrected chi connectivity index (χ2v) is 2.54. The van der Waals surface area contributed by atoms with E-state index in [4.69, 9.17) is 10.5 Å². The minimum atomic E-state index is -0.987. The Kier molecular flexibility index (Phi) is 2.06. The molecule has 0 amide bonds. The third-order valence-corrected chi connectivity index (χ3v) is 1.79. The van der Waals surface area contributed by atoms with Crippen LogP contribution in [-0.2, 0) is 4.74 Å². The zero-order valence-electron chi connectivity index (χ0n) is 7.09. The summed E-state index contributed by atoms with van der Waals surface area (Å²) in [7, 11) is 0. The molecule has 0 aromatic carbocycles. The molecule has 0 saturated heterocycles. The molecule has 0 aromatic heterocycles. The van der Waals surface area contributed by atoms with Crippen LogP contribution in [0.5, 0.6) is 0 Å². The lowest BCUT2D eigenvalue weighted by Gasteiger charge is -2.20. The molecule has 1 unspecified atom stereocenters. The van der Waals surface area contributed by atoms with Crippen molar-refractivity contribution >= 4 is 0 Å². The van der Waals surface area contributed by atoms with Crippen LogP contribution in [0.2, 0.25) is 0 Å². The van der Waals surface area contributed by atoms with Gasteiger partial charge < -0.3 is 4.74 Å². The lowest BCUT2D eigenvalue weighted by Crippen LogP contribution is -2.40. The molecule has 0 fully saturated rings. The monoisotopic (exact) mass is 155 g/mol. The summed E-state index contributed by atoms with van der Waals surface area (Å²) >= 11 is 0. The topological polar surface area (TPSA) is 60.0 Å².